The molecular formula is C15H28NNaO4S. The normalized spacial score (nSPS) is 13.0. The zero-order valence-electron chi connectivity index (χ0n) is 14.2. The Morgan fingerprint density at radius 1 is 1.09 bits per heavy atom. The molecule has 1 unspecified atom stereocenters. The Morgan fingerprint density at radius 2 is 1.64 bits per heavy atom. The largest absolute Gasteiger partial charge is 1.00 e. The van der Waals surface area contributed by atoms with Crippen molar-refractivity contribution < 1.29 is 48.5 Å². The van der Waals surface area contributed by atoms with Crippen molar-refractivity contribution in [1.29, 1.82) is 0 Å². The van der Waals surface area contributed by atoms with Crippen LogP contribution in [0.2, 0.25) is 0 Å². The minimum atomic E-state index is -1.31. The van der Waals surface area contributed by atoms with Crippen LogP contribution in [0.5, 0.6) is 0 Å². The van der Waals surface area contributed by atoms with E-state index in [1.807, 2.05) is 0 Å². The van der Waals surface area contributed by atoms with Crippen LogP contribution < -0.4 is 40.0 Å². The first-order valence-corrected chi connectivity index (χ1v) is 9.50. The Bertz CT molecular complexity index is 340. The molecule has 0 heterocycles. The molecule has 22 heavy (non-hydrogen) atoms. The summed E-state index contributed by atoms with van der Waals surface area (Å²) in [5.74, 6) is -1.33. The summed E-state index contributed by atoms with van der Waals surface area (Å²) in [7, 11) is -1.07. The fourth-order valence-electron chi connectivity index (χ4n) is 2.04. The van der Waals surface area contributed by atoms with Crippen molar-refractivity contribution in [3.05, 3.63) is 0 Å². The van der Waals surface area contributed by atoms with Gasteiger partial charge in [0.25, 0.3) is 0 Å². The molecule has 5 nitrogen and oxygen atoms in total. The summed E-state index contributed by atoms with van der Waals surface area (Å²) in [6, 6.07) is -1.04. The molecule has 0 fully saturated rings. The van der Waals surface area contributed by atoms with Crippen LogP contribution in [0.25, 0.3) is 0 Å². The quantitative estimate of drug-likeness (QED) is 0.314. The first-order chi connectivity index (χ1) is 9.97. The van der Waals surface area contributed by atoms with Crippen molar-refractivity contribution in [3.63, 3.8) is 0 Å². The van der Waals surface area contributed by atoms with E-state index >= 15 is 0 Å². The van der Waals surface area contributed by atoms with Crippen LogP contribution in [0.15, 0.2) is 0 Å². The van der Waals surface area contributed by atoms with Gasteiger partial charge in [0, 0.05) is 29.2 Å². The summed E-state index contributed by atoms with van der Waals surface area (Å²) in [6.45, 7) is 2.17. The zero-order valence-corrected chi connectivity index (χ0v) is 17.0. The molecule has 2 atom stereocenters. The fraction of sp³-hybridized carbons (Fsp3) is 0.867. The maximum Gasteiger partial charge on any atom is 1.00 e. The third kappa shape index (κ3) is 15.0. The van der Waals surface area contributed by atoms with Gasteiger partial charge < -0.3 is 15.2 Å². The number of hydrogen-bond donors (Lipinski definition) is 1. The van der Waals surface area contributed by atoms with Crippen molar-refractivity contribution in [2.45, 2.75) is 70.8 Å². The number of unbranched alkanes of at least 4 members (excludes halogenated alkanes) is 6. The Balaban J connectivity index is 0. The third-order valence-corrected chi connectivity index (χ3v) is 4.13. The van der Waals surface area contributed by atoms with Gasteiger partial charge in [-0.15, -0.1) is 0 Å². The predicted octanol–water partition coefficient (Wildman–Crippen LogP) is -1.87. The van der Waals surface area contributed by atoms with Gasteiger partial charge in [-0.25, -0.2) is 0 Å². The molecule has 1 N–H and O–H groups in total. The first-order valence-electron chi connectivity index (χ1n) is 7.77. The summed E-state index contributed by atoms with van der Waals surface area (Å²) in [6.07, 6.45) is 9.79. The van der Waals surface area contributed by atoms with Gasteiger partial charge in [-0.1, -0.05) is 45.4 Å². The van der Waals surface area contributed by atoms with Gasteiger partial charge in [-0.2, -0.15) is 0 Å². The van der Waals surface area contributed by atoms with Gasteiger partial charge in [0.2, 0.25) is 5.91 Å². The van der Waals surface area contributed by atoms with Crippen LogP contribution in [0.1, 0.15) is 64.7 Å². The van der Waals surface area contributed by atoms with Crippen molar-refractivity contribution in [2.75, 3.05) is 12.0 Å². The number of amides is 1. The number of carbonyl (C=O) groups excluding carboxylic acids is 2. The average molecular weight is 341 g/mol. The van der Waals surface area contributed by atoms with Crippen molar-refractivity contribution in [3.8, 4) is 0 Å². The molecule has 0 radical (unpaired) electrons. The maximum absolute atomic E-state index is 11.7. The van der Waals surface area contributed by atoms with E-state index in [0.717, 1.165) is 19.3 Å². The number of hydrogen-bond acceptors (Lipinski definition) is 4. The SMILES string of the molecule is CCCCCCCCCC(=O)N[C@@H](CCS(C)=O)C(=O)[O-].[Na+]. The van der Waals surface area contributed by atoms with E-state index in [0.29, 0.717) is 6.42 Å². The standard InChI is InChI=1S/C15H29NO4S.Na/c1-3-4-5-6-7-8-9-10-14(17)16-13(15(18)19)11-12-21(2)20;/h13H,3-12H2,1-2H3,(H,16,17)(H,18,19);/q;+1/p-1/t13-,21?;/m0./s1. The van der Waals surface area contributed by atoms with Crippen molar-refractivity contribution in [1.82, 2.24) is 5.32 Å². The molecule has 0 aromatic heterocycles. The van der Waals surface area contributed by atoms with E-state index in [9.17, 15) is 18.9 Å². The van der Waals surface area contributed by atoms with E-state index in [1.54, 1.807) is 0 Å². The molecule has 0 aliphatic carbocycles. The van der Waals surface area contributed by atoms with E-state index in [1.165, 1.54) is 31.9 Å². The average Bonchev–Trinajstić information content (AvgIpc) is 2.41. The summed E-state index contributed by atoms with van der Waals surface area (Å²) < 4.78 is 11.0. The number of carboxylic acids is 1. The molecule has 124 valence electrons. The number of nitrogens with one attached hydrogen (secondary N) is 1. The number of aliphatic carboxylic acids is 1. The van der Waals surface area contributed by atoms with Crippen LogP contribution in [-0.4, -0.2) is 34.1 Å². The predicted molar refractivity (Wildman–Crippen MR) is 83.1 cm³/mol. The van der Waals surface area contributed by atoms with Crippen molar-refractivity contribution in [2.24, 2.45) is 0 Å². The maximum atomic E-state index is 11.7. The molecular weight excluding hydrogens is 313 g/mol. The molecule has 0 aliphatic heterocycles. The molecule has 0 saturated carbocycles. The Kier molecular flexibility index (Phi) is 17.7. The summed E-state index contributed by atoms with van der Waals surface area (Å²) in [4.78, 5) is 22.6. The summed E-state index contributed by atoms with van der Waals surface area (Å²) in [5.41, 5.74) is 0. The second-order valence-corrected chi connectivity index (χ2v) is 6.93. The smallest absolute Gasteiger partial charge is 0.548 e. The van der Waals surface area contributed by atoms with Gasteiger partial charge >= 0.3 is 29.6 Å². The zero-order chi connectivity index (χ0) is 16.1. The summed E-state index contributed by atoms with van der Waals surface area (Å²) >= 11 is 0. The molecule has 0 rings (SSSR count). The third-order valence-electron chi connectivity index (χ3n) is 3.32. The van der Waals surface area contributed by atoms with Crippen LogP contribution in [0, 0.1) is 0 Å². The van der Waals surface area contributed by atoms with Gasteiger partial charge in [0.05, 0.1) is 12.0 Å². The Morgan fingerprint density at radius 3 is 2.14 bits per heavy atom. The van der Waals surface area contributed by atoms with E-state index < -0.39 is 22.8 Å². The van der Waals surface area contributed by atoms with Crippen molar-refractivity contribution >= 4 is 22.7 Å². The topological polar surface area (TPSA) is 86.3 Å². The minimum Gasteiger partial charge on any atom is -0.548 e. The monoisotopic (exact) mass is 341 g/mol. The van der Waals surface area contributed by atoms with Gasteiger partial charge in [0.1, 0.15) is 0 Å². The molecule has 0 spiro atoms. The number of carbonyl (C=O) groups is 2. The second-order valence-electron chi connectivity index (χ2n) is 5.38. The molecule has 7 heteroatoms. The fourth-order valence-corrected chi connectivity index (χ4v) is 2.61. The van der Waals surface area contributed by atoms with Crippen LogP contribution in [0.4, 0.5) is 0 Å². The van der Waals surface area contributed by atoms with Gasteiger partial charge in [-0.3, -0.25) is 9.00 Å². The number of carboxylic acid groups (broad SMARTS) is 1. The second kappa shape index (κ2) is 16.0. The minimum absolute atomic E-state index is 0. The molecule has 0 aromatic carbocycles. The van der Waals surface area contributed by atoms with E-state index in [-0.39, 0.29) is 47.6 Å². The molecule has 0 bridgehead atoms. The van der Waals surface area contributed by atoms with Crippen LogP contribution >= 0.6 is 0 Å². The summed E-state index contributed by atoms with van der Waals surface area (Å²) in [5, 5.41) is 13.3. The Hall–Kier alpha value is 0.0900. The van der Waals surface area contributed by atoms with Crippen LogP contribution in [0.3, 0.4) is 0 Å². The molecule has 1 amide bonds. The Labute approximate surface area is 158 Å². The first kappa shape index (κ1) is 24.3. The van der Waals surface area contributed by atoms with Crippen LogP contribution in [-0.2, 0) is 20.4 Å². The van der Waals surface area contributed by atoms with E-state index in [4.69, 9.17) is 0 Å². The van der Waals surface area contributed by atoms with E-state index in [2.05, 4.69) is 12.2 Å². The molecule has 0 aliphatic rings. The number of rotatable bonds is 13. The molecule has 0 aromatic rings. The van der Waals surface area contributed by atoms with Gasteiger partial charge in [0.15, 0.2) is 0 Å². The molecule has 0 saturated heterocycles. The van der Waals surface area contributed by atoms with Gasteiger partial charge in [-0.05, 0) is 12.8 Å².